The maximum Gasteiger partial charge on any atom is 0.405 e. The number of carbonyl (C=O) groups is 2. The van der Waals surface area contributed by atoms with Crippen LogP contribution in [0.3, 0.4) is 0 Å². The standard InChI is InChI=1S/C21H25N3O3/c1-21(2,22-20(26)27)17-10-8-16(9-11-17)19(25)24-14-12-23(13-15-24)18-6-4-3-5-7-18/h3-11,22H,12-15H2,1-2H3,(H,26,27). The number of anilines is 1. The minimum Gasteiger partial charge on any atom is -0.465 e. The van der Waals surface area contributed by atoms with Gasteiger partial charge in [-0.25, -0.2) is 4.79 Å². The number of hydrogen-bond donors (Lipinski definition) is 2. The smallest absolute Gasteiger partial charge is 0.405 e. The van der Waals surface area contributed by atoms with Crippen LogP contribution in [0.2, 0.25) is 0 Å². The predicted molar refractivity (Wildman–Crippen MR) is 105 cm³/mol. The Kier molecular flexibility index (Phi) is 5.35. The molecule has 1 saturated heterocycles. The Balaban J connectivity index is 1.62. The van der Waals surface area contributed by atoms with Gasteiger partial charge in [0.25, 0.3) is 5.91 Å². The van der Waals surface area contributed by atoms with Crippen molar-refractivity contribution in [1.29, 1.82) is 0 Å². The number of amides is 2. The van der Waals surface area contributed by atoms with E-state index in [-0.39, 0.29) is 5.91 Å². The fourth-order valence-electron chi connectivity index (χ4n) is 3.36. The molecular formula is C21H25N3O3. The second-order valence-corrected chi connectivity index (χ2v) is 7.25. The van der Waals surface area contributed by atoms with Crippen molar-refractivity contribution in [2.24, 2.45) is 0 Å². The van der Waals surface area contributed by atoms with Gasteiger partial charge in [-0.1, -0.05) is 30.3 Å². The summed E-state index contributed by atoms with van der Waals surface area (Å²) in [5.41, 5.74) is 1.91. The number of piperazine rings is 1. The van der Waals surface area contributed by atoms with Crippen LogP contribution < -0.4 is 10.2 Å². The van der Waals surface area contributed by atoms with Gasteiger partial charge in [-0.15, -0.1) is 0 Å². The van der Waals surface area contributed by atoms with Crippen LogP contribution in [0.25, 0.3) is 0 Å². The van der Waals surface area contributed by atoms with E-state index in [2.05, 4.69) is 22.3 Å². The van der Waals surface area contributed by atoms with Crippen LogP contribution in [-0.4, -0.2) is 48.2 Å². The quantitative estimate of drug-likeness (QED) is 0.871. The van der Waals surface area contributed by atoms with Crippen molar-refractivity contribution in [3.63, 3.8) is 0 Å². The first-order valence-electron chi connectivity index (χ1n) is 9.08. The normalized spacial score (nSPS) is 14.7. The topological polar surface area (TPSA) is 72.9 Å². The van der Waals surface area contributed by atoms with Crippen LogP contribution in [-0.2, 0) is 5.54 Å². The first-order valence-corrected chi connectivity index (χ1v) is 9.08. The lowest BCUT2D eigenvalue weighted by Gasteiger charge is -2.36. The second kappa shape index (κ2) is 7.70. The average Bonchev–Trinajstić information content (AvgIpc) is 2.67. The summed E-state index contributed by atoms with van der Waals surface area (Å²) in [5, 5.41) is 11.4. The van der Waals surface area contributed by atoms with Gasteiger partial charge in [0.05, 0.1) is 5.54 Å². The van der Waals surface area contributed by atoms with Gasteiger partial charge >= 0.3 is 6.09 Å². The summed E-state index contributed by atoms with van der Waals surface area (Å²) in [7, 11) is 0. The summed E-state index contributed by atoms with van der Waals surface area (Å²) in [4.78, 5) is 27.9. The summed E-state index contributed by atoms with van der Waals surface area (Å²) in [6, 6.07) is 17.4. The maximum atomic E-state index is 12.8. The monoisotopic (exact) mass is 367 g/mol. The molecule has 0 saturated carbocycles. The highest BCUT2D eigenvalue weighted by Gasteiger charge is 2.25. The van der Waals surface area contributed by atoms with Crippen LogP contribution in [0.4, 0.5) is 10.5 Å². The average molecular weight is 367 g/mol. The molecule has 0 aliphatic carbocycles. The lowest BCUT2D eigenvalue weighted by atomic mass is 9.93. The number of carbonyl (C=O) groups excluding carboxylic acids is 1. The molecule has 27 heavy (non-hydrogen) atoms. The molecule has 1 aliphatic rings. The molecule has 142 valence electrons. The van der Waals surface area contributed by atoms with E-state index in [4.69, 9.17) is 5.11 Å². The van der Waals surface area contributed by atoms with Gasteiger partial charge in [0.1, 0.15) is 0 Å². The highest BCUT2D eigenvalue weighted by Crippen LogP contribution is 2.22. The summed E-state index contributed by atoms with van der Waals surface area (Å²) >= 11 is 0. The Morgan fingerprint density at radius 1 is 0.926 bits per heavy atom. The van der Waals surface area contributed by atoms with Crippen molar-refractivity contribution in [2.45, 2.75) is 19.4 Å². The summed E-state index contributed by atoms with van der Waals surface area (Å²) in [6.07, 6.45) is -1.07. The molecule has 1 fully saturated rings. The Morgan fingerprint density at radius 2 is 1.52 bits per heavy atom. The van der Waals surface area contributed by atoms with Gasteiger partial charge in [-0.3, -0.25) is 4.79 Å². The number of hydrogen-bond acceptors (Lipinski definition) is 3. The molecular weight excluding hydrogens is 342 g/mol. The number of rotatable bonds is 4. The molecule has 3 rings (SSSR count). The van der Waals surface area contributed by atoms with E-state index in [1.165, 1.54) is 5.69 Å². The summed E-state index contributed by atoms with van der Waals surface area (Å²) < 4.78 is 0. The molecule has 0 spiro atoms. The van der Waals surface area contributed by atoms with Gasteiger partial charge in [-0.2, -0.15) is 0 Å². The molecule has 0 unspecified atom stereocenters. The largest absolute Gasteiger partial charge is 0.465 e. The number of carboxylic acid groups (broad SMARTS) is 1. The molecule has 2 aromatic rings. The number of nitrogens with one attached hydrogen (secondary N) is 1. The zero-order valence-electron chi connectivity index (χ0n) is 15.7. The fraction of sp³-hybridized carbons (Fsp3) is 0.333. The molecule has 0 radical (unpaired) electrons. The second-order valence-electron chi connectivity index (χ2n) is 7.25. The fourth-order valence-corrected chi connectivity index (χ4v) is 3.36. The summed E-state index contributed by atoms with van der Waals surface area (Å²) in [6.45, 7) is 6.57. The summed E-state index contributed by atoms with van der Waals surface area (Å²) in [5.74, 6) is 0.0123. The van der Waals surface area contributed by atoms with Crippen molar-refractivity contribution >= 4 is 17.7 Å². The van der Waals surface area contributed by atoms with Crippen LogP contribution in [0.15, 0.2) is 54.6 Å². The van der Waals surface area contributed by atoms with Gasteiger partial charge in [0, 0.05) is 37.4 Å². The Labute approximate surface area is 159 Å². The van der Waals surface area contributed by atoms with Gasteiger partial charge in [0.2, 0.25) is 0 Å². The van der Waals surface area contributed by atoms with Crippen molar-refractivity contribution in [1.82, 2.24) is 10.2 Å². The molecule has 2 N–H and O–H groups in total. The molecule has 1 aliphatic heterocycles. The predicted octanol–water partition coefficient (Wildman–Crippen LogP) is 3.15. The van der Waals surface area contributed by atoms with Crippen LogP contribution >= 0.6 is 0 Å². The van der Waals surface area contributed by atoms with E-state index in [1.54, 1.807) is 26.0 Å². The molecule has 2 aromatic carbocycles. The van der Waals surface area contributed by atoms with Crippen LogP contribution in [0.1, 0.15) is 29.8 Å². The van der Waals surface area contributed by atoms with E-state index in [1.807, 2.05) is 35.2 Å². The lowest BCUT2D eigenvalue weighted by Crippen LogP contribution is -2.48. The Morgan fingerprint density at radius 3 is 2.07 bits per heavy atom. The Hall–Kier alpha value is -3.02. The van der Waals surface area contributed by atoms with Crippen molar-refractivity contribution in [3.05, 3.63) is 65.7 Å². The van der Waals surface area contributed by atoms with E-state index < -0.39 is 11.6 Å². The highest BCUT2D eigenvalue weighted by atomic mass is 16.4. The van der Waals surface area contributed by atoms with Gasteiger partial charge in [0.15, 0.2) is 0 Å². The van der Waals surface area contributed by atoms with Crippen LogP contribution in [0, 0.1) is 0 Å². The maximum absolute atomic E-state index is 12.8. The third-order valence-corrected chi connectivity index (χ3v) is 4.96. The van der Waals surface area contributed by atoms with E-state index >= 15 is 0 Å². The van der Waals surface area contributed by atoms with E-state index in [0.29, 0.717) is 18.7 Å². The lowest BCUT2D eigenvalue weighted by molar-refractivity contribution is 0.0746. The minimum atomic E-state index is -1.07. The van der Waals surface area contributed by atoms with Crippen molar-refractivity contribution < 1.29 is 14.7 Å². The molecule has 0 atom stereocenters. The first-order chi connectivity index (χ1) is 12.9. The van der Waals surface area contributed by atoms with Crippen LogP contribution in [0.5, 0.6) is 0 Å². The third-order valence-electron chi connectivity index (χ3n) is 4.96. The molecule has 0 aromatic heterocycles. The van der Waals surface area contributed by atoms with E-state index in [9.17, 15) is 9.59 Å². The van der Waals surface area contributed by atoms with E-state index in [0.717, 1.165) is 18.7 Å². The number of nitrogens with zero attached hydrogens (tertiary/aromatic N) is 2. The molecule has 6 heteroatoms. The zero-order valence-corrected chi connectivity index (χ0v) is 15.7. The zero-order chi connectivity index (χ0) is 19.4. The number of para-hydroxylation sites is 1. The molecule has 6 nitrogen and oxygen atoms in total. The number of benzene rings is 2. The van der Waals surface area contributed by atoms with Crippen molar-refractivity contribution in [3.8, 4) is 0 Å². The molecule has 2 amide bonds. The third kappa shape index (κ3) is 4.39. The highest BCUT2D eigenvalue weighted by molar-refractivity contribution is 5.94. The van der Waals surface area contributed by atoms with Gasteiger partial charge in [-0.05, 0) is 43.7 Å². The Bertz CT molecular complexity index is 795. The SMILES string of the molecule is CC(C)(NC(=O)O)c1ccc(C(=O)N2CCN(c3ccccc3)CC2)cc1. The molecule has 0 bridgehead atoms. The minimum absolute atomic E-state index is 0.0123. The van der Waals surface area contributed by atoms with Crippen molar-refractivity contribution in [2.75, 3.05) is 31.1 Å². The molecule has 1 heterocycles. The first kappa shape index (κ1) is 18.8. The van der Waals surface area contributed by atoms with Gasteiger partial charge < -0.3 is 20.2 Å².